The Bertz CT molecular complexity index is 1570. The fourth-order valence-corrected chi connectivity index (χ4v) is 5.80. The summed E-state index contributed by atoms with van der Waals surface area (Å²) in [5, 5.41) is 2.55. The molecule has 1 N–H and O–H groups in total. The van der Waals surface area contributed by atoms with Crippen molar-refractivity contribution in [2.24, 2.45) is 0 Å². The summed E-state index contributed by atoms with van der Waals surface area (Å²) in [5.74, 6) is -0.0669. The molecule has 0 radical (unpaired) electrons. The van der Waals surface area contributed by atoms with E-state index in [1.807, 2.05) is 29.2 Å². The Morgan fingerprint density at radius 3 is 2.47 bits per heavy atom. The number of nitrogens with one attached hydrogen (secondary N) is 1. The van der Waals surface area contributed by atoms with Crippen molar-refractivity contribution in [1.29, 1.82) is 0 Å². The van der Waals surface area contributed by atoms with Gasteiger partial charge in [0.2, 0.25) is 5.91 Å². The van der Waals surface area contributed by atoms with Gasteiger partial charge in [0.15, 0.2) is 11.5 Å². The third-order valence-corrected chi connectivity index (χ3v) is 8.15. The highest BCUT2D eigenvalue weighted by atomic mass is 35.5. The first kappa shape index (κ1) is 30.2. The number of carbonyl (C=O) groups excluding carboxylic acids is 4. The van der Waals surface area contributed by atoms with Crippen LogP contribution in [0.15, 0.2) is 71.6 Å². The Kier molecular flexibility index (Phi) is 9.68. The van der Waals surface area contributed by atoms with E-state index in [0.717, 1.165) is 48.2 Å². The molecule has 0 saturated carbocycles. The average molecular weight is 620 g/mol. The number of amides is 4. The molecule has 2 fully saturated rings. The molecule has 5 rings (SSSR count). The molecule has 3 aromatic rings. The summed E-state index contributed by atoms with van der Waals surface area (Å²) in [4.78, 5) is 53.6. The van der Waals surface area contributed by atoms with Crippen LogP contribution in [0.2, 0.25) is 5.02 Å². The molecule has 0 aromatic heterocycles. The van der Waals surface area contributed by atoms with Crippen molar-refractivity contribution in [2.75, 3.05) is 32.1 Å². The molecule has 0 aliphatic carbocycles. The Hall–Kier alpha value is -4.28. The predicted molar refractivity (Wildman–Crippen MR) is 166 cm³/mol. The molecule has 4 amide bonds. The highest BCUT2D eigenvalue weighted by Crippen LogP contribution is 2.35. The fraction of sp³-hybridized carbons (Fsp3) is 0.250. The van der Waals surface area contributed by atoms with Gasteiger partial charge in [0, 0.05) is 29.4 Å². The van der Waals surface area contributed by atoms with Crippen molar-refractivity contribution in [1.82, 2.24) is 9.80 Å². The summed E-state index contributed by atoms with van der Waals surface area (Å²) in [5.41, 5.74) is 2.65. The largest absolute Gasteiger partial charge is 0.493 e. The third-order valence-electron chi connectivity index (χ3n) is 7.01. The normalized spacial score (nSPS) is 16.0. The summed E-state index contributed by atoms with van der Waals surface area (Å²) in [6, 6.07) is 19.2. The Balaban J connectivity index is 1.19. The van der Waals surface area contributed by atoms with Gasteiger partial charge < -0.3 is 19.7 Å². The van der Waals surface area contributed by atoms with Crippen molar-refractivity contribution in [3.05, 3.63) is 93.3 Å². The van der Waals surface area contributed by atoms with E-state index in [1.165, 1.54) is 13.5 Å². The van der Waals surface area contributed by atoms with Crippen molar-refractivity contribution in [3.8, 4) is 11.5 Å². The number of likely N-dealkylation sites (tertiary alicyclic amines) is 1. The molecular formula is C32H30ClN3O6S. The second-order valence-electron chi connectivity index (χ2n) is 10.1. The van der Waals surface area contributed by atoms with Gasteiger partial charge in [-0.15, -0.1) is 0 Å². The number of benzene rings is 3. The van der Waals surface area contributed by atoms with Crippen molar-refractivity contribution in [3.63, 3.8) is 0 Å². The molecule has 43 heavy (non-hydrogen) atoms. The number of piperidine rings is 1. The first-order chi connectivity index (χ1) is 20.8. The van der Waals surface area contributed by atoms with Gasteiger partial charge in [-0.05, 0) is 90.7 Å². The van der Waals surface area contributed by atoms with Gasteiger partial charge in [-0.2, -0.15) is 0 Å². The number of ether oxygens (including phenoxy) is 2. The quantitative estimate of drug-likeness (QED) is 0.283. The van der Waals surface area contributed by atoms with E-state index in [-0.39, 0.29) is 17.4 Å². The number of thioether (sulfide) groups is 1. The lowest BCUT2D eigenvalue weighted by molar-refractivity contribution is -0.127. The maximum atomic E-state index is 12.9. The van der Waals surface area contributed by atoms with Crippen LogP contribution in [-0.2, 0) is 16.2 Å². The van der Waals surface area contributed by atoms with Gasteiger partial charge in [-0.25, -0.2) is 0 Å². The molecule has 0 bridgehead atoms. The monoisotopic (exact) mass is 619 g/mol. The minimum absolute atomic E-state index is 0.0584. The zero-order chi connectivity index (χ0) is 30.3. The van der Waals surface area contributed by atoms with Crippen molar-refractivity contribution >= 4 is 58.1 Å². The van der Waals surface area contributed by atoms with Crippen LogP contribution in [-0.4, -0.2) is 59.5 Å². The molecule has 0 atom stereocenters. The molecule has 2 aliphatic heterocycles. The van der Waals surface area contributed by atoms with E-state index in [1.54, 1.807) is 48.5 Å². The number of nitrogens with zero attached hydrogens (tertiary/aromatic N) is 2. The van der Waals surface area contributed by atoms with Crippen molar-refractivity contribution < 1.29 is 28.7 Å². The second kappa shape index (κ2) is 13.8. The van der Waals surface area contributed by atoms with Crippen LogP contribution in [0.4, 0.5) is 10.5 Å². The van der Waals surface area contributed by atoms with E-state index < -0.39 is 23.6 Å². The number of imide groups is 1. The average Bonchev–Trinajstić information content (AvgIpc) is 3.27. The minimum Gasteiger partial charge on any atom is -0.493 e. The number of anilines is 1. The standard InChI is InChI=1S/C32H30ClN3O6S/c1-41-27-16-22(17-28-31(39)36(32(40)43-28)19-29(37)34-25-7-5-6-24(33)18-25)10-13-26(27)42-20-21-8-11-23(12-9-21)30(38)35-14-3-2-4-15-35/h5-13,16-18H,2-4,14-15,19-20H2,1H3,(H,34,37)/b28-17-. The number of methoxy groups -OCH3 is 1. The van der Waals surface area contributed by atoms with Crippen LogP contribution in [0.25, 0.3) is 6.08 Å². The topological polar surface area (TPSA) is 105 Å². The summed E-state index contributed by atoms with van der Waals surface area (Å²) in [7, 11) is 1.51. The first-order valence-corrected chi connectivity index (χ1v) is 15.0. The predicted octanol–water partition coefficient (Wildman–Crippen LogP) is 6.23. The number of hydrogen-bond acceptors (Lipinski definition) is 7. The number of hydrogen-bond donors (Lipinski definition) is 1. The van der Waals surface area contributed by atoms with Crippen LogP contribution in [0, 0.1) is 0 Å². The molecule has 0 unspecified atom stereocenters. The van der Waals surface area contributed by atoms with Crippen LogP contribution >= 0.6 is 23.4 Å². The smallest absolute Gasteiger partial charge is 0.294 e. The van der Waals surface area contributed by atoms with Crippen LogP contribution in [0.1, 0.15) is 40.7 Å². The van der Waals surface area contributed by atoms with Gasteiger partial charge in [-0.3, -0.25) is 24.1 Å². The van der Waals surface area contributed by atoms with Crippen LogP contribution in [0.3, 0.4) is 0 Å². The van der Waals surface area contributed by atoms with E-state index >= 15 is 0 Å². The highest BCUT2D eigenvalue weighted by Gasteiger charge is 2.36. The third kappa shape index (κ3) is 7.57. The van der Waals surface area contributed by atoms with E-state index in [2.05, 4.69) is 5.32 Å². The maximum Gasteiger partial charge on any atom is 0.294 e. The highest BCUT2D eigenvalue weighted by molar-refractivity contribution is 8.18. The number of carbonyl (C=O) groups is 4. The second-order valence-corrected chi connectivity index (χ2v) is 11.5. The minimum atomic E-state index is -0.558. The lowest BCUT2D eigenvalue weighted by Crippen LogP contribution is -2.36. The Morgan fingerprint density at radius 1 is 0.977 bits per heavy atom. The van der Waals surface area contributed by atoms with E-state index in [4.69, 9.17) is 21.1 Å². The summed E-state index contributed by atoms with van der Waals surface area (Å²) in [6.07, 6.45) is 4.84. The van der Waals surface area contributed by atoms with Gasteiger partial charge in [-0.1, -0.05) is 35.9 Å². The Labute approximate surface area is 258 Å². The van der Waals surface area contributed by atoms with Gasteiger partial charge in [0.25, 0.3) is 17.1 Å². The van der Waals surface area contributed by atoms with Gasteiger partial charge in [0.1, 0.15) is 13.2 Å². The first-order valence-electron chi connectivity index (χ1n) is 13.8. The fourth-order valence-electron chi connectivity index (χ4n) is 4.78. The molecule has 3 aromatic carbocycles. The summed E-state index contributed by atoms with van der Waals surface area (Å²) < 4.78 is 11.5. The molecule has 2 saturated heterocycles. The van der Waals surface area contributed by atoms with Crippen molar-refractivity contribution in [2.45, 2.75) is 25.9 Å². The summed E-state index contributed by atoms with van der Waals surface area (Å²) >= 11 is 6.71. The lowest BCUT2D eigenvalue weighted by Gasteiger charge is -2.26. The molecule has 9 nitrogen and oxygen atoms in total. The van der Waals surface area contributed by atoms with Gasteiger partial charge in [0.05, 0.1) is 12.0 Å². The lowest BCUT2D eigenvalue weighted by atomic mass is 10.1. The van der Waals surface area contributed by atoms with E-state index in [9.17, 15) is 19.2 Å². The van der Waals surface area contributed by atoms with Crippen LogP contribution < -0.4 is 14.8 Å². The van der Waals surface area contributed by atoms with E-state index in [0.29, 0.717) is 33.3 Å². The molecule has 11 heteroatoms. The molecule has 2 aliphatic rings. The zero-order valence-corrected chi connectivity index (χ0v) is 25.1. The zero-order valence-electron chi connectivity index (χ0n) is 23.5. The van der Waals surface area contributed by atoms with Crippen LogP contribution in [0.5, 0.6) is 11.5 Å². The SMILES string of the molecule is COc1cc(/C=C2\SC(=O)N(CC(=O)Nc3cccc(Cl)c3)C2=O)ccc1OCc1ccc(C(=O)N2CCCCC2)cc1. The maximum absolute atomic E-state index is 12.9. The summed E-state index contributed by atoms with van der Waals surface area (Å²) in [6.45, 7) is 1.46. The molecule has 0 spiro atoms. The van der Waals surface area contributed by atoms with Gasteiger partial charge >= 0.3 is 0 Å². The number of halogens is 1. The number of rotatable bonds is 9. The molecular weight excluding hydrogens is 590 g/mol. The molecule has 222 valence electrons. The molecule has 2 heterocycles. The Morgan fingerprint density at radius 2 is 1.74 bits per heavy atom.